The van der Waals surface area contributed by atoms with E-state index in [0.717, 1.165) is 44.8 Å². The van der Waals surface area contributed by atoms with Crippen LogP contribution in [0, 0.1) is 0 Å². The van der Waals surface area contributed by atoms with Crippen molar-refractivity contribution in [2.45, 2.75) is 32.9 Å². The van der Waals surface area contributed by atoms with Crippen molar-refractivity contribution in [1.29, 1.82) is 0 Å². The van der Waals surface area contributed by atoms with Crippen LogP contribution in [0.1, 0.15) is 26.0 Å². The highest BCUT2D eigenvalue weighted by Gasteiger charge is 2.25. The SMILES string of the molecule is CCCNC(=O)[C@@H](C)N1CCN(Cc2cc(=O)n3ccccc3n2)CC1. The van der Waals surface area contributed by atoms with Crippen molar-refractivity contribution in [3.8, 4) is 0 Å². The molecular formula is C19H27N5O2. The second-order valence-corrected chi connectivity index (χ2v) is 6.79. The summed E-state index contributed by atoms with van der Waals surface area (Å²) in [7, 11) is 0. The Hall–Kier alpha value is -2.25. The van der Waals surface area contributed by atoms with Crippen molar-refractivity contribution in [3.05, 3.63) is 46.5 Å². The summed E-state index contributed by atoms with van der Waals surface area (Å²) in [6.07, 6.45) is 2.68. The lowest BCUT2D eigenvalue weighted by Crippen LogP contribution is -2.53. The Labute approximate surface area is 153 Å². The highest BCUT2D eigenvalue weighted by molar-refractivity contribution is 5.81. The van der Waals surface area contributed by atoms with Crippen molar-refractivity contribution < 1.29 is 4.79 Å². The molecule has 140 valence electrons. The van der Waals surface area contributed by atoms with Crippen molar-refractivity contribution in [3.63, 3.8) is 0 Å². The van der Waals surface area contributed by atoms with Crippen molar-refractivity contribution in [2.75, 3.05) is 32.7 Å². The summed E-state index contributed by atoms with van der Waals surface area (Å²) in [4.78, 5) is 33.4. The Morgan fingerprint density at radius 2 is 2.04 bits per heavy atom. The molecule has 0 unspecified atom stereocenters. The normalized spacial score (nSPS) is 17.3. The monoisotopic (exact) mass is 357 g/mol. The van der Waals surface area contributed by atoms with Gasteiger partial charge in [-0.25, -0.2) is 4.98 Å². The van der Waals surface area contributed by atoms with Crippen LogP contribution in [0.3, 0.4) is 0 Å². The van der Waals surface area contributed by atoms with Crippen LogP contribution in [-0.4, -0.2) is 63.9 Å². The van der Waals surface area contributed by atoms with Gasteiger partial charge in [0.15, 0.2) is 0 Å². The standard InChI is InChI=1S/C19H27N5O2/c1-3-7-20-19(26)15(2)23-11-9-22(10-12-23)14-16-13-18(25)24-8-5-4-6-17(24)21-16/h4-6,8,13,15H,3,7,9-12,14H2,1-2H3,(H,20,26)/t15-/m1/s1. The molecule has 1 atom stereocenters. The van der Waals surface area contributed by atoms with E-state index >= 15 is 0 Å². The van der Waals surface area contributed by atoms with E-state index in [1.54, 1.807) is 16.7 Å². The zero-order chi connectivity index (χ0) is 18.5. The van der Waals surface area contributed by atoms with E-state index in [1.807, 2.05) is 25.1 Å². The van der Waals surface area contributed by atoms with Crippen LogP contribution in [0.2, 0.25) is 0 Å². The van der Waals surface area contributed by atoms with Crippen molar-refractivity contribution >= 4 is 11.6 Å². The van der Waals surface area contributed by atoms with Gasteiger partial charge in [0.1, 0.15) is 5.65 Å². The van der Waals surface area contributed by atoms with Crippen LogP contribution in [-0.2, 0) is 11.3 Å². The van der Waals surface area contributed by atoms with E-state index in [9.17, 15) is 9.59 Å². The highest BCUT2D eigenvalue weighted by atomic mass is 16.2. The van der Waals surface area contributed by atoms with Crippen LogP contribution in [0.4, 0.5) is 0 Å². The molecule has 1 aliphatic rings. The van der Waals surface area contributed by atoms with Gasteiger partial charge in [-0.1, -0.05) is 13.0 Å². The molecule has 2 aromatic rings. The number of aromatic nitrogens is 2. The molecule has 2 aromatic heterocycles. The summed E-state index contributed by atoms with van der Waals surface area (Å²) >= 11 is 0. The lowest BCUT2D eigenvalue weighted by molar-refractivity contribution is -0.126. The number of hydrogen-bond donors (Lipinski definition) is 1. The predicted octanol–water partition coefficient (Wildman–Crippen LogP) is 0.727. The van der Waals surface area contributed by atoms with Gasteiger partial charge in [0.05, 0.1) is 11.7 Å². The molecule has 3 rings (SSSR count). The number of fused-ring (bicyclic) bond motifs is 1. The lowest BCUT2D eigenvalue weighted by Gasteiger charge is -2.37. The van der Waals surface area contributed by atoms with Gasteiger partial charge in [-0.05, 0) is 25.5 Å². The number of carbonyl (C=O) groups excluding carboxylic acids is 1. The molecule has 1 fully saturated rings. The number of piperazine rings is 1. The number of hydrogen-bond acceptors (Lipinski definition) is 5. The molecule has 7 heteroatoms. The van der Waals surface area contributed by atoms with Gasteiger partial charge in [-0.2, -0.15) is 0 Å². The van der Waals surface area contributed by atoms with E-state index in [-0.39, 0.29) is 17.5 Å². The molecular weight excluding hydrogens is 330 g/mol. The Balaban J connectivity index is 1.57. The molecule has 26 heavy (non-hydrogen) atoms. The second-order valence-electron chi connectivity index (χ2n) is 6.79. The number of carbonyl (C=O) groups is 1. The zero-order valence-corrected chi connectivity index (χ0v) is 15.5. The fourth-order valence-electron chi connectivity index (χ4n) is 3.28. The second kappa shape index (κ2) is 8.42. The Kier molecular flexibility index (Phi) is 6.00. The maximum Gasteiger partial charge on any atom is 0.258 e. The minimum atomic E-state index is -0.105. The maximum absolute atomic E-state index is 12.2. The minimum absolute atomic E-state index is 0.0505. The Bertz CT molecular complexity index is 811. The van der Waals surface area contributed by atoms with Gasteiger partial charge in [0.2, 0.25) is 5.91 Å². The van der Waals surface area contributed by atoms with E-state index in [4.69, 9.17) is 0 Å². The van der Waals surface area contributed by atoms with Gasteiger partial charge in [-0.15, -0.1) is 0 Å². The topological polar surface area (TPSA) is 70.0 Å². The average Bonchev–Trinajstić information content (AvgIpc) is 2.66. The summed E-state index contributed by atoms with van der Waals surface area (Å²) in [6.45, 7) is 8.81. The fourth-order valence-corrected chi connectivity index (χ4v) is 3.28. The van der Waals surface area contributed by atoms with Gasteiger partial charge >= 0.3 is 0 Å². The summed E-state index contributed by atoms with van der Waals surface area (Å²) < 4.78 is 1.55. The number of amides is 1. The molecule has 1 amide bonds. The van der Waals surface area contributed by atoms with Gasteiger partial charge in [-0.3, -0.25) is 23.8 Å². The first-order valence-electron chi connectivity index (χ1n) is 9.30. The first-order chi connectivity index (χ1) is 12.6. The van der Waals surface area contributed by atoms with E-state index in [0.29, 0.717) is 12.2 Å². The zero-order valence-electron chi connectivity index (χ0n) is 15.5. The number of nitrogens with zero attached hydrogens (tertiary/aromatic N) is 4. The quantitative estimate of drug-likeness (QED) is 0.825. The van der Waals surface area contributed by atoms with Crippen LogP contribution in [0.25, 0.3) is 5.65 Å². The average molecular weight is 357 g/mol. The molecule has 0 bridgehead atoms. The summed E-state index contributed by atoms with van der Waals surface area (Å²) in [5.74, 6) is 0.101. The fraction of sp³-hybridized carbons (Fsp3) is 0.526. The molecule has 0 spiro atoms. The third-order valence-electron chi connectivity index (χ3n) is 4.89. The molecule has 7 nitrogen and oxygen atoms in total. The van der Waals surface area contributed by atoms with Crippen molar-refractivity contribution in [2.24, 2.45) is 0 Å². The largest absolute Gasteiger partial charge is 0.355 e. The third kappa shape index (κ3) is 4.28. The smallest absolute Gasteiger partial charge is 0.258 e. The number of pyridine rings is 1. The first-order valence-corrected chi connectivity index (χ1v) is 9.30. The molecule has 1 aliphatic heterocycles. The van der Waals surface area contributed by atoms with Crippen LogP contribution < -0.4 is 10.9 Å². The molecule has 0 aromatic carbocycles. The summed E-state index contributed by atoms with van der Waals surface area (Å²) in [5.41, 5.74) is 1.42. The van der Waals surface area contributed by atoms with E-state index in [2.05, 4.69) is 27.0 Å². The van der Waals surface area contributed by atoms with Gasteiger partial charge < -0.3 is 5.32 Å². The lowest BCUT2D eigenvalue weighted by atomic mass is 10.2. The first kappa shape index (κ1) is 18.5. The number of nitrogens with one attached hydrogen (secondary N) is 1. The molecule has 1 N–H and O–H groups in total. The van der Waals surface area contributed by atoms with Crippen LogP contribution >= 0.6 is 0 Å². The minimum Gasteiger partial charge on any atom is -0.355 e. The van der Waals surface area contributed by atoms with Gasteiger partial charge in [0, 0.05) is 51.5 Å². The van der Waals surface area contributed by atoms with E-state index in [1.165, 1.54) is 0 Å². The third-order valence-corrected chi connectivity index (χ3v) is 4.89. The molecule has 0 saturated carbocycles. The van der Waals surface area contributed by atoms with Crippen LogP contribution in [0.5, 0.6) is 0 Å². The maximum atomic E-state index is 12.2. The van der Waals surface area contributed by atoms with Gasteiger partial charge in [0.25, 0.3) is 5.56 Å². The summed E-state index contributed by atoms with van der Waals surface area (Å²) in [5, 5.41) is 2.96. The van der Waals surface area contributed by atoms with Crippen molar-refractivity contribution in [1.82, 2.24) is 24.5 Å². The number of rotatable bonds is 6. The Morgan fingerprint density at radius 3 is 2.77 bits per heavy atom. The highest BCUT2D eigenvalue weighted by Crippen LogP contribution is 2.10. The van der Waals surface area contributed by atoms with Crippen LogP contribution in [0.15, 0.2) is 35.3 Å². The Morgan fingerprint density at radius 1 is 1.27 bits per heavy atom. The van der Waals surface area contributed by atoms with E-state index < -0.39 is 0 Å². The molecule has 0 aliphatic carbocycles. The molecule has 0 radical (unpaired) electrons. The predicted molar refractivity (Wildman–Crippen MR) is 101 cm³/mol. The molecule has 1 saturated heterocycles. The summed E-state index contributed by atoms with van der Waals surface area (Å²) in [6, 6.07) is 7.06. The molecule has 3 heterocycles.